The molecule has 13 heavy (non-hydrogen) atoms. The highest BCUT2D eigenvalue weighted by Crippen LogP contribution is 2.00. The lowest BCUT2D eigenvalue weighted by Gasteiger charge is -1.92. The summed E-state index contributed by atoms with van der Waals surface area (Å²) in [4.78, 5) is 9.03. The molecule has 0 rings (SSSR count). The maximum absolute atomic E-state index is 9.03. The lowest BCUT2D eigenvalue weighted by molar-refractivity contribution is -0.279. The van der Waals surface area contributed by atoms with Crippen molar-refractivity contribution < 1.29 is 14.6 Å². The summed E-state index contributed by atoms with van der Waals surface area (Å²) in [6.45, 7) is 2.20. The van der Waals surface area contributed by atoms with Crippen molar-refractivity contribution >= 4 is 6.16 Å². The number of methoxy groups -OCH3 is 1. The third-order valence-electron chi connectivity index (χ3n) is 1.34. The van der Waals surface area contributed by atoms with Crippen LogP contribution >= 0.6 is 0 Å². The second kappa shape index (κ2) is 13.4. The fourth-order valence-corrected chi connectivity index (χ4v) is 0.654. The Hall–Kier alpha value is -1.17. The standard InChI is InChI=1S/C8H14.C2H4O3/c1-3-5-7-8-6-4-2;1-5-2(3)4/h1H,4-8H2,2H3;1H3,(H,3,4)/p-1. The summed E-state index contributed by atoms with van der Waals surface area (Å²) in [5.41, 5.74) is 0. The number of unbranched alkanes of at least 4 members (excludes halogenated alkanes) is 4. The van der Waals surface area contributed by atoms with E-state index >= 15 is 0 Å². The van der Waals surface area contributed by atoms with Crippen molar-refractivity contribution in [3.05, 3.63) is 0 Å². The third-order valence-corrected chi connectivity index (χ3v) is 1.34. The molecule has 0 radical (unpaired) electrons. The van der Waals surface area contributed by atoms with Gasteiger partial charge in [-0.2, -0.15) is 0 Å². The molecule has 0 aromatic carbocycles. The summed E-state index contributed by atoms with van der Waals surface area (Å²) in [5.74, 6) is 2.63. The zero-order chi connectivity index (χ0) is 10.5. The van der Waals surface area contributed by atoms with E-state index in [0.29, 0.717) is 0 Å². The number of hydrogen-bond acceptors (Lipinski definition) is 3. The van der Waals surface area contributed by atoms with Crippen molar-refractivity contribution in [2.75, 3.05) is 7.11 Å². The van der Waals surface area contributed by atoms with E-state index in [1.54, 1.807) is 0 Å². The van der Waals surface area contributed by atoms with Crippen molar-refractivity contribution in [3.8, 4) is 12.3 Å². The van der Waals surface area contributed by atoms with E-state index in [1.807, 2.05) is 0 Å². The summed E-state index contributed by atoms with van der Waals surface area (Å²) in [6.07, 6.45) is 9.67. The molecule has 0 unspecified atom stereocenters. The molecule has 0 aromatic heterocycles. The first-order valence-corrected chi connectivity index (χ1v) is 4.37. The number of terminal acetylenes is 1. The summed E-state index contributed by atoms with van der Waals surface area (Å²) in [7, 11) is 1.04. The molecule has 0 spiro atoms. The number of carbonyl (C=O) groups excluding carboxylic acids is 1. The largest absolute Gasteiger partial charge is 0.553 e. The predicted octanol–water partition coefficient (Wildman–Crippen LogP) is 1.57. The normalized spacial score (nSPS) is 7.77. The Kier molecular flexibility index (Phi) is 14.8. The van der Waals surface area contributed by atoms with Gasteiger partial charge in [0.25, 0.3) is 6.16 Å². The Morgan fingerprint density at radius 1 is 1.46 bits per heavy atom. The summed E-state index contributed by atoms with van der Waals surface area (Å²) in [5, 5.41) is 9.03. The van der Waals surface area contributed by atoms with E-state index in [2.05, 4.69) is 17.6 Å². The van der Waals surface area contributed by atoms with Crippen LogP contribution in [0.5, 0.6) is 0 Å². The SMILES string of the molecule is C#CCCCCCC.COC(=O)[O-]. The number of rotatable bonds is 4. The minimum atomic E-state index is -1.50. The first-order chi connectivity index (χ1) is 6.18. The molecule has 0 atom stereocenters. The molecule has 0 heterocycles. The molecule has 0 saturated heterocycles. The topological polar surface area (TPSA) is 49.4 Å². The van der Waals surface area contributed by atoms with Crippen molar-refractivity contribution in [3.63, 3.8) is 0 Å². The molecule has 0 N–H and O–H groups in total. The Balaban J connectivity index is 0. The molecule has 76 valence electrons. The maximum Gasteiger partial charge on any atom is 0.251 e. The quantitative estimate of drug-likeness (QED) is 0.379. The fourth-order valence-electron chi connectivity index (χ4n) is 0.654. The molecule has 0 saturated carbocycles. The number of hydrogen-bond donors (Lipinski definition) is 0. The van der Waals surface area contributed by atoms with Gasteiger partial charge in [-0.25, -0.2) is 0 Å². The summed E-state index contributed by atoms with van der Waals surface area (Å²) in [6, 6.07) is 0. The summed E-state index contributed by atoms with van der Waals surface area (Å²) < 4.78 is 3.56. The highest BCUT2D eigenvalue weighted by atomic mass is 16.6. The predicted molar refractivity (Wildman–Crippen MR) is 50.0 cm³/mol. The van der Waals surface area contributed by atoms with Gasteiger partial charge in [0.15, 0.2) is 0 Å². The molecule has 0 aliphatic heterocycles. The second-order valence-electron chi connectivity index (χ2n) is 2.47. The molecular weight excluding hydrogens is 168 g/mol. The van der Waals surface area contributed by atoms with E-state index in [9.17, 15) is 0 Å². The molecule has 0 aliphatic carbocycles. The van der Waals surface area contributed by atoms with Crippen LogP contribution in [0.25, 0.3) is 0 Å². The Morgan fingerprint density at radius 2 is 2.00 bits per heavy atom. The van der Waals surface area contributed by atoms with Crippen molar-refractivity contribution in [1.82, 2.24) is 0 Å². The number of ether oxygens (including phenoxy) is 1. The Bertz CT molecular complexity index is 147. The van der Waals surface area contributed by atoms with E-state index in [0.717, 1.165) is 13.5 Å². The fraction of sp³-hybridized carbons (Fsp3) is 0.700. The van der Waals surface area contributed by atoms with Crippen LogP contribution in [0.2, 0.25) is 0 Å². The van der Waals surface area contributed by atoms with Gasteiger partial charge in [-0.15, -0.1) is 12.3 Å². The number of carboxylic acid groups (broad SMARTS) is 1. The lowest BCUT2D eigenvalue weighted by atomic mass is 10.2. The highest BCUT2D eigenvalue weighted by molar-refractivity contribution is 5.53. The van der Waals surface area contributed by atoms with Crippen molar-refractivity contribution in [1.29, 1.82) is 0 Å². The molecule has 3 heteroatoms. The van der Waals surface area contributed by atoms with Crippen LogP contribution in [0.1, 0.15) is 39.0 Å². The lowest BCUT2D eigenvalue weighted by Crippen LogP contribution is -2.21. The third kappa shape index (κ3) is 24.8. The summed E-state index contributed by atoms with van der Waals surface area (Å²) >= 11 is 0. The average molecular weight is 185 g/mol. The van der Waals surface area contributed by atoms with Crippen LogP contribution in [0, 0.1) is 12.3 Å². The minimum Gasteiger partial charge on any atom is -0.553 e. The molecular formula is C10H17O3-. The molecule has 0 aliphatic rings. The van der Waals surface area contributed by atoms with E-state index in [1.165, 1.54) is 25.7 Å². The highest BCUT2D eigenvalue weighted by Gasteiger charge is 1.81. The molecule has 3 nitrogen and oxygen atoms in total. The van der Waals surface area contributed by atoms with Gasteiger partial charge in [0.05, 0.1) is 0 Å². The van der Waals surface area contributed by atoms with E-state index in [-0.39, 0.29) is 0 Å². The molecule has 0 aromatic rings. The van der Waals surface area contributed by atoms with Crippen LogP contribution in [0.3, 0.4) is 0 Å². The zero-order valence-electron chi connectivity index (χ0n) is 8.34. The monoisotopic (exact) mass is 185 g/mol. The van der Waals surface area contributed by atoms with Gasteiger partial charge in [0.2, 0.25) is 0 Å². The first kappa shape index (κ1) is 14.4. The maximum atomic E-state index is 9.03. The van der Waals surface area contributed by atoms with E-state index < -0.39 is 6.16 Å². The molecule has 0 amide bonds. The van der Waals surface area contributed by atoms with Crippen LogP contribution in [-0.2, 0) is 4.74 Å². The van der Waals surface area contributed by atoms with Gasteiger partial charge in [-0.1, -0.05) is 26.2 Å². The van der Waals surface area contributed by atoms with Crippen LogP contribution in [0.4, 0.5) is 4.79 Å². The van der Waals surface area contributed by atoms with Crippen LogP contribution < -0.4 is 5.11 Å². The Morgan fingerprint density at radius 3 is 2.31 bits per heavy atom. The average Bonchev–Trinajstić information content (AvgIpc) is 2.14. The van der Waals surface area contributed by atoms with Crippen LogP contribution in [0.15, 0.2) is 0 Å². The first-order valence-electron chi connectivity index (χ1n) is 4.37. The minimum absolute atomic E-state index is 0.958. The van der Waals surface area contributed by atoms with Gasteiger partial charge in [0.1, 0.15) is 0 Å². The van der Waals surface area contributed by atoms with Gasteiger partial charge >= 0.3 is 0 Å². The molecule has 0 fully saturated rings. The zero-order valence-corrected chi connectivity index (χ0v) is 8.34. The van der Waals surface area contributed by atoms with Gasteiger partial charge in [-0.3, -0.25) is 0 Å². The van der Waals surface area contributed by atoms with Crippen molar-refractivity contribution in [2.24, 2.45) is 0 Å². The van der Waals surface area contributed by atoms with Gasteiger partial charge in [0, 0.05) is 13.5 Å². The van der Waals surface area contributed by atoms with E-state index in [4.69, 9.17) is 16.3 Å². The Labute approximate surface area is 80.1 Å². The van der Waals surface area contributed by atoms with Gasteiger partial charge < -0.3 is 14.6 Å². The number of carbonyl (C=O) groups is 1. The van der Waals surface area contributed by atoms with Gasteiger partial charge in [-0.05, 0) is 6.42 Å². The molecule has 0 bridgehead atoms. The van der Waals surface area contributed by atoms with Crippen molar-refractivity contribution in [2.45, 2.75) is 39.0 Å². The van der Waals surface area contributed by atoms with Crippen LogP contribution in [-0.4, -0.2) is 13.3 Å². The second-order valence-corrected chi connectivity index (χ2v) is 2.47. The smallest absolute Gasteiger partial charge is 0.251 e.